The van der Waals surface area contributed by atoms with Crippen molar-refractivity contribution in [1.82, 2.24) is 4.98 Å². The zero-order valence-electron chi connectivity index (χ0n) is 9.13. The fourth-order valence-corrected chi connectivity index (χ4v) is 1.74. The summed E-state index contributed by atoms with van der Waals surface area (Å²) in [6.07, 6.45) is 1.49. The van der Waals surface area contributed by atoms with E-state index in [0.29, 0.717) is 15.8 Å². The summed E-state index contributed by atoms with van der Waals surface area (Å²) >= 11 is 3.15. The van der Waals surface area contributed by atoms with Gasteiger partial charge in [-0.3, -0.25) is 10.1 Å². The maximum Gasteiger partial charge on any atom is 0.312 e. The van der Waals surface area contributed by atoms with Crippen molar-refractivity contribution in [2.45, 2.75) is 0 Å². The highest BCUT2D eigenvalue weighted by molar-refractivity contribution is 9.10. The molecule has 1 heterocycles. The minimum atomic E-state index is -0.494. The third-order valence-corrected chi connectivity index (χ3v) is 2.61. The van der Waals surface area contributed by atoms with Gasteiger partial charge in [0.15, 0.2) is 0 Å². The Kier molecular flexibility index (Phi) is 3.42. The van der Waals surface area contributed by atoms with Crippen molar-refractivity contribution in [2.24, 2.45) is 0 Å². The summed E-state index contributed by atoms with van der Waals surface area (Å²) in [6, 6.07) is 8.30. The second-order valence-electron chi connectivity index (χ2n) is 3.53. The van der Waals surface area contributed by atoms with Crippen LogP contribution >= 0.6 is 15.9 Å². The number of anilines is 3. The SMILES string of the molecule is Nc1cccc(Nc2ncc(Br)cc2[N+](=O)[O-])c1. The van der Waals surface area contributed by atoms with Gasteiger partial charge in [-0.05, 0) is 34.1 Å². The molecule has 0 fully saturated rings. The quantitative estimate of drug-likeness (QED) is 0.516. The molecule has 0 spiro atoms. The van der Waals surface area contributed by atoms with Crippen LogP contribution in [-0.4, -0.2) is 9.91 Å². The molecule has 1 aromatic carbocycles. The largest absolute Gasteiger partial charge is 0.399 e. The van der Waals surface area contributed by atoms with Gasteiger partial charge in [0, 0.05) is 28.1 Å². The minimum Gasteiger partial charge on any atom is -0.399 e. The number of nitrogens with two attached hydrogens (primary N) is 1. The minimum absolute atomic E-state index is 0.105. The van der Waals surface area contributed by atoms with Gasteiger partial charge in [0.05, 0.1) is 4.92 Å². The number of nitrogens with zero attached hydrogens (tertiary/aromatic N) is 2. The molecule has 92 valence electrons. The van der Waals surface area contributed by atoms with E-state index in [1.165, 1.54) is 12.3 Å². The lowest BCUT2D eigenvalue weighted by Crippen LogP contribution is -2.00. The maximum absolute atomic E-state index is 10.9. The zero-order chi connectivity index (χ0) is 13.1. The number of nitro groups is 1. The summed E-state index contributed by atoms with van der Waals surface area (Å²) < 4.78 is 0.548. The molecule has 0 amide bonds. The van der Waals surface area contributed by atoms with Crippen LogP contribution in [0.4, 0.5) is 22.9 Å². The number of halogens is 1. The topological polar surface area (TPSA) is 94.1 Å². The Balaban J connectivity index is 2.37. The van der Waals surface area contributed by atoms with Crippen molar-refractivity contribution in [3.63, 3.8) is 0 Å². The molecule has 18 heavy (non-hydrogen) atoms. The summed E-state index contributed by atoms with van der Waals surface area (Å²) in [6.45, 7) is 0. The maximum atomic E-state index is 10.9. The second kappa shape index (κ2) is 5.01. The molecule has 0 aliphatic carbocycles. The van der Waals surface area contributed by atoms with Crippen LogP contribution in [0.5, 0.6) is 0 Å². The zero-order valence-corrected chi connectivity index (χ0v) is 10.7. The molecule has 0 aliphatic heterocycles. The van der Waals surface area contributed by atoms with Gasteiger partial charge in [-0.2, -0.15) is 0 Å². The van der Waals surface area contributed by atoms with Crippen LogP contribution in [0.15, 0.2) is 41.0 Å². The van der Waals surface area contributed by atoms with E-state index in [9.17, 15) is 10.1 Å². The summed E-state index contributed by atoms with van der Waals surface area (Å²) in [4.78, 5) is 14.4. The molecule has 2 aromatic rings. The Bertz CT molecular complexity index is 603. The highest BCUT2D eigenvalue weighted by Crippen LogP contribution is 2.28. The smallest absolute Gasteiger partial charge is 0.312 e. The molecule has 6 nitrogen and oxygen atoms in total. The number of hydrogen-bond acceptors (Lipinski definition) is 5. The van der Waals surface area contributed by atoms with Crippen LogP contribution in [0, 0.1) is 10.1 Å². The molecule has 0 aliphatic rings. The van der Waals surface area contributed by atoms with Crippen molar-refractivity contribution in [1.29, 1.82) is 0 Å². The number of aromatic nitrogens is 1. The Morgan fingerprint density at radius 2 is 2.17 bits per heavy atom. The van der Waals surface area contributed by atoms with Gasteiger partial charge in [0.2, 0.25) is 5.82 Å². The number of nitrogens with one attached hydrogen (secondary N) is 1. The second-order valence-corrected chi connectivity index (χ2v) is 4.44. The van der Waals surface area contributed by atoms with Crippen molar-refractivity contribution in [2.75, 3.05) is 11.1 Å². The number of nitrogen functional groups attached to an aromatic ring is 1. The van der Waals surface area contributed by atoms with Crippen LogP contribution in [0.25, 0.3) is 0 Å². The van der Waals surface area contributed by atoms with Crippen LogP contribution < -0.4 is 11.1 Å². The van der Waals surface area contributed by atoms with Crippen LogP contribution in [0.2, 0.25) is 0 Å². The van der Waals surface area contributed by atoms with E-state index in [4.69, 9.17) is 5.73 Å². The molecule has 0 unspecified atom stereocenters. The van der Waals surface area contributed by atoms with Gasteiger partial charge in [-0.15, -0.1) is 0 Å². The molecule has 0 bridgehead atoms. The molecule has 0 saturated carbocycles. The van der Waals surface area contributed by atoms with Crippen molar-refractivity contribution < 1.29 is 4.92 Å². The fraction of sp³-hybridized carbons (Fsp3) is 0. The third kappa shape index (κ3) is 2.75. The van der Waals surface area contributed by atoms with E-state index in [1.54, 1.807) is 24.3 Å². The lowest BCUT2D eigenvalue weighted by atomic mass is 10.3. The van der Waals surface area contributed by atoms with E-state index in [-0.39, 0.29) is 11.5 Å². The molecule has 1 aromatic heterocycles. The molecule has 0 saturated heterocycles. The van der Waals surface area contributed by atoms with Gasteiger partial charge in [0.1, 0.15) is 0 Å². The fourth-order valence-electron chi connectivity index (χ4n) is 1.42. The third-order valence-electron chi connectivity index (χ3n) is 2.18. The summed E-state index contributed by atoms with van der Waals surface area (Å²) in [5, 5.41) is 13.8. The first-order valence-corrected chi connectivity index (χ1v) is 5.78. The van der Waals surface area contributed by atoms with E-state index >= 15 is 0 Å². The number of pyridine rings is 1. The highest BCUT2D eigenvalue weighted by atomic mass is 79.9. The van der Waals surface area contributed by atoms with Gasteiger partial charge in [-0.1, -0.05) is 6.07 Å². The normalized spacial score (nSPS) is 10.1. The molecular formula is C11H9BrN4O2. The van der Waals surface area contributed by atoms with E-state index in [1.807, 2.05) is 0 Å². The molecular weight excluding hydrogens is 300 g/mol. The van der Waals surface area contributed by atoms with Crippen LogP contribution in [-0.2, 0) is 0 Å². The highest BCUT2D eigenvalue weighted by Gasteiger charge is 2.15. The first-order chi connectivity index (χ1) is 8.56. The van der Waals surface area contributed by atoms with E-state index in [0.717, 1.165) is 0 Å². The summed E-state index contributed by atoms with van der Waals surface area (Å²) in [7, 11) is 0. The Morgan fingerprint density at radius 3 is 2.83 bits per heavy atom. The molecule has 0 radical (unpaired) electrons. The van der Waals surface area contributed by atoms with Crippen molar-refractivity contribution in [3.8, 4) is 0 Å². The lowest BCUT2D eigenvalue weighted by molar-refractivity contribution is -0.384. The number of benzene rings is 1. The summed E-state index contributed by atoms with van der Waals surface area (Å²) in [5.41, 5.74) is 6.74. The predicted molar refractivity (Wildman–Crippen MR) is 72.7 cm³/mol. The standard InChI is InChI=1S/C11H9BrN4O2/c12-7-4-10(16(17)18)11(14-6-7)15-9-3-1-2-8(13)5-9/h1-6H,13H2,(H,14,15). The first-order valence-electron chi connectivity index (χ1n) is 4.99. The van der Waals surface area contributed by atoms with Gasteiger partial charge < -0.3 is 11.1 Å². The van der Waals surface area contributed by atoms with E-state index < -0.39 is 4.92 Å². The average Bonchev–Trinajstić information content (AvgIpc) is 2.31. The molecule has 3 N–H and O–H groups in total. The van der Waals surface area contributed by atoms with Crippen LogP contribution in [0.3, 0.4) is 0 Å². The van der Waals surface area contributed by atoms with Crippen LogP contribution in [0.1, 0.15) is 0 Å². The first kappa shape index (κ1) is 12.3. The number of hydrogen-bond donors (Lipinski definition) is 2. The Labute approximate surface area is 111 Å². The number of rotatable bonds is 3. The molecule has 7 heteroatoms. The van der Waals surface area contributed by atoms with Crippen molar-refractivity contribution >= 4 is 38.8 Å². The van der Waals surface area contributed by atoms with E-state index in [2.05, 4.69) is 26.2 Å². The van der Waals surface area contributed by atoms with Gasteiger partial charge in [-0.25, -0.2) is 4.98 Å². The van der Waals surface area contributed by atoms with Gasteiger partial charge in [0.25, 0.3) is 0 Å². The predicted octanol–water partition coefficient (Wildman–Crippen LogP) is 3.08. The van der Waals surface area contributed by atoms with Gasteiger partial charge >= 0.3 is 5.69 Å². The van der Waals surface area contributed by atoms with Crippen molar-refractivity contribution in [3.05, 3.63) is 51.1 Å². The monoisotopic (exact) mass is 308 g/mol. The molecule has 2 rings (SSSR count). The lowest BCUT2D eigenvalue weighted by Gasteiger charge is -2.06. The molecule has 0 atom stereocenters. The summed E-state index contributed by atoms with van der Waals surface area (Å²) in [5.74, 6) is 0.175. The Hall–Kier alpha value is -2.15. The Morgan fingerprint density at radius 1 is 1.39 bits per heavy atom. The average molecular weight is 309 g/mol.